The van der Waals surface area contributed by atoms with Gasteiger partial charge in [0.05, 0.1) is 20.6 Å². The van der Waals surface area contributed by atoms with E-state index >= 15 is 0 Å². The average Bonchev–Trinajstić information content (AvgIpc) is 2.36. The molecule has 0 saturated heterocycles. The predicted molar refractivity (Wildman–Crippen MR) is 79.8 cm³/mol. The number of nitro benzene ring substituents is 1. The van der Waals surface area contributed by atoms with Gasteiger partial charge in [-0.15, -0.1) is 0 Å². The second-order valence-electron chi connectivity index (χ2n) is 4.19. The van der Waals surface area contributed by atoms with Crippen LogP contribution in [0.15, 0.2) is 18.2 Å². The zero-order valence-corrected chi connectivity index (χ0v) is 12.6. The second kappa shape index (κ2) is 6.33. The van der Waals surface area contributed by atoms with Crippen molar-refractivity contribution in [3.63, 3.8) is 0 Å². The second-order valence-corrected chi connectivity index (χ2v) is 5.36. The highest BCUT2D eigenvalue weighted by molar-refractivity contribution is 14.1. The zero-order valence-electron chi connectivity index (χ0n) is 10.4. The van der Waals surface area contributed by atoms with Crippen LogP contribution in [0.3, 0.4) is 0 Å². The molecule has 1 rings (SSSR count). The fourth-order valence-electron chi connectivity index (χ4n) is 1.73. The maximum absolute atomic E-state index is 10.7. The molecular formula is C12H17IN2O3. The smallest absolute Gasteiger partial charge is 0.282 e. The lowest BCUT2D eigenvalue weighted by atomic mass is 9.93. The Hall–Kier alpha value is -0.890. The molecule has 2 N–H and O–H groups in total. The molecule has 1 aromatic carbocycles. The van der Waals surface area contributed by atoms with Crippen LogP contribution in [0.5, 0.6) is 0 Å². The number of nitrogens with one attached hydrogen (secondary N) is 1. The molecule has 0 fully saturated rings. The van der Waals surface area contributed by atoms with E-state index in [4.69, 9.17) is 0 Å². The van der Waals surface area contributed by atoms with E-state index in [1.807, 2.05) is 36.4 Å². The van der Waals surface area contributed by atoms with Crippen molar-refractivity contribution in [2.45, 2.75) is 32.2 Å². The van der Waals surface area contributed by atoms with Gasteiger partial charge >= 0.3 is 0 Å². The van der Waals surface area contributed by atoms with E-state index in [0.717, 1.165) is 18.5 Å². The minimum absolute atomic E-state index is 0.0353. The first-order valence-electron chi connectivity index (χ1n) is 5.81. The van der Waals surface area contributed by atoms with Crippen LogP contribution in [0.25, 0.3) is 0 Å². The lowest BCUT2D eigenvalue weighted by Crippen LogP contribution is -2.40. The summed E-state index contributed by atoms with van der Waals surface area (Å²) in [4.78, 5) is 10.3. The van der Waals surface area contributed by atoms with Gasteiger partial charge in [-0.25, -0.2) is 0 Å². The number of aliphatic hydroxyl groups excluding tert-OH is 1. The Morgan fingerprint density at radius 3 is 2.44 bits per heavy atom. The largest absolute Gasteiger partial charge is 0.394 e. The Morgan fingerprint density at radius 1 is 1.44 bits per heavy atom. The third-order valence-electron chi connectivity index (χ3n) is 3.21. The van der Waals surface area contributed by atoms with Crippen LogP contribution in [-0.4, -0.2) is 22.2 Å². The maximum atomic E-state index is 10.7. The van der Waals surface area contributed by atoms with Crippen LogP contribution in [0, 0.1) is 13.7 Å². The van der Waals surface area contributed by atoms with Crippen LogP contribution in [-0.2, 0) is 0 Å². The third-order valence-corrected chi connectivity index (χ3v) is 4.07. The normalized spacial score (nSPS) is 11.3. The topological polar surface area (TPSA) is 75.4 Å². The maximum Gasteiger partial charge on any atom is 0.282 e. The SMILES string of the molecule is CCC(CC)(CO)Nc1ccc([N+](=O)[O-])c(I)c1. The van der Waals surface area contributed by atoms with Crippen molar-refractivity contribution in [1.82, 2.24) is 0 Å². The molecule has 0 spiro atoms. The van der Waals surface area contributed by atoms with Crippen molar-refractivity contribution in [1.29, 1.82) is 0 Å². The van der Waals surface area contributed by atoms with Gasteiger partial charge in [-0.3, -0.25) is 10.1 Å². The molecule has 0 radical (unpaired) electrons. The van der Waals surface area contributed by atoms with E-state index in [2.05, 4.69) is 5.32 Å². The number of halogens is 1. The number of nitrogens with zero attached hydrogens (tertiary/aromatic N) is 1. The zero-order chi connectivity index (χ0) is 13.8. The summed E-state index contributed by atoms with van der Waals surface area (Å²) >= 11 is 1.94. The number of hydrogen-bond donors (Lipinski definition) is 2. The van der Waals surface area contributed by atoms with Gasteiger partial charge in [-0.2, -0.15) is 0 Å². The van der Waals surface area contributed by atoms with Crippen molar-refractivity contribution < 1.29 is 10.0 Å². The van der Waals surface area contributed by atoms with E-state index < -0.39 is 4.92 Å². The van der Waals surface area contributed by atoms with Gasteiger partial charge in [0.2, 0.25) is 0 Å². The fraction of sp³-hybridized carbons (Fsp3) is 0.500. The molecular weight excluding hydrogens is 347 g/mol. The quantitative estimate of drug-likeness (QED) is 0.462. The number of hydrogen-bond acceptors (Lipinski definition) is 4. The number of rotatable bonds is 6. The lowest BCUT2D eigenvalue weighted by Gasteiger charge is -2.32. The molecule has 0 bridgehead atoms. The van der Waals surface area contributed by atoms with Gasteiger partial charge in [0.25, 0.3) is 5.69 Å². The molecule has 0 saturated carbocycles. The molecule has 1 aromatic rings. The van der Waals surface area contributed by atoms with E-state index in [1.165, 1.54) is 6.07 Å². The number of anilines is 1. The summed E-state index contributed by atoms with van der Waals surface area (Å²) < 4.78 is 0.585. The minimum Gasteiger partial charge on any atom is -0.394 e. The Morgan fingerprint density at radius 2 is 2.06 bits per heavy atom. The van der Waals surface area contributed by atoms with Crippen LogP contribution in [0.2, 0.25) is 0 Å². The standard InChI is InChI=1S/C12H17IN2O3/c1-3-12(4-2,8-16)14-9-5-6-11(15(17)18)10(13)7-9/h5-7,14,16H,3-4,8H2,1-2H3. The van der Waals surface area contributed by atoms with E-state index in [-0.39, 0.29) is 17.8 Å². The molecule has 0 amide bonds. The van der Waals surface area contributed by atoms with Crippen molar-refractivity contribution in [2.75, 3.05) is 11.9 Å². The van der Waals surface area contributed by atoms with E-state index in [9.17, 15) is 15.2 Å². The number of benzene rings is 1. The van der Waals surface area contributed by atoms with Gasteiger partial charge in [0.1, 0.15) is 0 Å². The van der Waals surface area contributed by atoms with Gasteiger partial charge < -0.3 is 10.4 Å². The molecule has 100 valence electrons. The van der Waals surface area contributed by atoms with Crippen molar-refractivity contribution >= 4 is 34.0 Å². The first kappa shape index (κ1) is 15.2. The van der Waals surface area contributed by atoms with Crippen LogP contribution in [0.4, 0.5) is 11.4 Å². The molecule has 0 heterocycles. The van der Waals surface area contributed by atoms with Crippen LogP contribution in [0.1, 0.15) is 26.7 Å². The highest BCUT2D eigenvalue weighted by Crippen LogP contribution is 2.27. The highest BCUT2D eigenvalue weighted by Gasteiger charge is 2.25. The third kappa shape index (κ3) is 3.32. The van der Waals surface area contributed by atoms with Gasteiger partial charge in [-0.05, 0) is 47.6 Å². The summed E-state index contributed by atoms with van der Waals surface area (Å²) in [6.07, 6.45) is 1.57. The molecule has 0 aliphatic rings. The van der Waals surface area contributed by atoms with Crippen molar-refractivity contribution in [3.8, 4) is 0 Å². The van der Waals surface area contributed by atoms with Crippen LogP contribution < -0.4 is 5.32 Å². The van der Waals surface area contributed by atoms with Gasteiger partial charge in [0.15, 0.2) is 0 Å². The summed E-state index contributed by atoms with van der Waals surface area (Å²) in [5.74, 6) is 0. The Balaban J connectivity index is 2.98. The summed E-state index contributed by atoms with van der Waals surface area (Å²) in [6, 6.07) is 4.89. The number of aliphatic hydroxyl groups is 1. The lowest BCUT2D eigenvalue weighted by molar-refractivity contribution is -0.385. The minimum atomic E-state index is -0.398. The summed E-state index contributed by atoms with van der Waals surface area (Å²) in [5.41, 5.74) is 0.533. The van der Waals surface area contributed by atoms with Crippen LogP contribution >= 0.6 is 22.6 Å². The van der Waals surface area contributed by atoms with Gasteiger partial charge in [0, 0.05) is 11.8 Å². The average molecular weight is 364 g/mol. The van der Waals surface area contributed by atoms with E-state index in [1.54, 1.807) is 12.1 Å². The number of nitro groups is 1. The summed E-state index contributed by atoms with van der Waals surface area (Å²) in [6.45, 7) is 4.04. The van der Waals surface area contributed by atoms with Crippen molar-refractivity contribution in [2.24, 2.45) is 0 Å². The molecule has 0 aliphatic heterocycles. The highest BCUT2D eigenvalue weighted by atomic mass is 127. The Kier molecular flexibility index (Phi) is 5.33. The Labute approximate surface area is 120 Å². The Bertz CT molecular complexity index is 425. The molecule has 0 atom stereocenters. The molecule has 0 unspecified atom stereocenters. The van der Waals surface area contributed by atoms with E-state index in [0.29, 0.717) is 3.57 Å². The summed E-state index contributed by atoms with van der Waals surface area (Å²) in [7, 11) is 0. The summed E-state index contributed by atoms with van der Waals surface area (Å²) in [5, 5.41) is 23.5. The molecule has 0 aliphatic carbocycles. The molecule has 0 aromatic heterocycles. The van der Waals surface area contributed by atoms with Crippen molar-refractivity contribution in [3.05, 3.63) is 31.9 Å². The first-order chi connectivity index (χ1) is 8.48. The molecule has 6 heteroatoms. The molecule has 18 heavy (non-hydrogen) atoms. The molecule has 5 nitrogen and oxygen atoms in total. The first-order valence-corrected chi connectivity index (χ1v) is 6.89. The fourth-order valence-corrected chi connectivity index (χ4v) is 2.44. The van der Waals surface area contributed by atoms with Gasteiger partial charge in [-0.1, -0.05) is 13.8 Å². The monoisotopic (exact) mass is 364 g/mol. The predicted octanol–water partition coefficient (Wildman–Crippen LogP) is 3.16.